The van der Waals surface area contributed by atoms with Crippen LogP contribution in [0.25, 0.3) is 11.1 Å². The number of hydrogen-bond acceptors (Lipinski definition) is 5. The van der Waals surface area contributed by atoms with E-state index >= 15 is 0 Å². The van der Waals surface area contributed by atoms with Gasteiger partial charge in [-0.05, 0) is 51.5 Å². The van der Waals surface area contributed by atoms with Crippen LogP contribution in [0, 0.1) is 6.92 Å². The molecule has 0 spiro atoms. The average molecular weight is 363 g/mol. The summed E-state index contributed by atoms with van der Waals surface area (Å²) in [6.45, 7) is 1.87. The molecule has 2 unspecified atom stereocenters. The third-order valence-corrected chi connectivity index (χ3v) is 5.69. The van der Waals surface area contributed by atoms with E-state index in [0.717, 1.165) is 42.5 Å². The summed E-state index contributed by atoms with van der Waals surface area (Å²) in [5.74, 6) is 0.461. The zero-order valence-corrected chi connectivity index (χ0v) is 15.1. The van der Waals surface area contributed by atoms with E-state index in [1.807, 2.05) is 13.0 Å². The molecule has 6 nitrogen and oxygen atoms in total. The lowest BCUT2D eigenvalue weighted by Gasteiger charge is -2.29. The molecular weight excluding hydrogens is 340 g/mol. The Balaban J connectivity index is 0.00000157. The molecule has 0 aromatic carbocycles. The molecule has 2 aliphatic heterocycles. The predicted octanol–water partition coefficient (Wildman–Crippen LogP) is 2.84. The van der Waals surface area contributed by atoms with E-state index in [0.29, 0.717) is 29.3 Å². The first kappa shape index (κ1) is 16.8. The van der Waals surface area contributed by atoms with Crippen LogP contribution in [0.5, 0.6) is 0 Å². The highest BCUT2D eigenvalue weighted by Gasteiger charge is 2.35. The molecule has 4 heterocycles. The van der Waals surface area contributed by atoms with E-state index in [2.05, 4.69) is 20.8 Å². The van der Waals surface area contributed by atoms with E-state index in [1.165, 1.54) is 12.8 Å². The third kappa shape index (κ3) is 3.02. The molecule has 1 aliphatic carbocycles. The summed E-state index contributed by atoms with van der Waals surface area (Å²) in [7, 11) is 0. The average Bonchev–Trinajstić information content (AvgIpc) is 3.28. The number of amides is 1. The van der Waals surface area contributed by atoms with E-state index < -0.39 is 0 Å². The van der Waals surface area contributed by atoms with Gasteiger partial charge in [0.25, 0.3) is 11.6 Å². The summed E-state index contributed by atoms with van der Waals surface area (Å²) >= 11 is 0. The quantitative estimate of drug-likeness (QED) is 0.877. The number of pyridine rings is 1. The molecule has 7 heteroatoms. The number of carbonyl (C=O) groups excluding carboxylic acids is 1. The molecule has 2 saturated heterocycles. The van der Waals surface area contributed by atoms with Crippen molar-refractivity contribution in [2.75, 3.05) is 0 Å². The van der Waals surface area contributed by atoms with Gasteiger partial charge >= 0.3 is 0 Å². The van der Waals surface area contributed by atoms with Crippen molar-refractivity contribution < 1.29 is 9.32 Å². The Hall–Kier alpha value is -1.66. The van der Waals surface area contributed by atoms with Gasteiger partial charge in [-0.15, -0.1) is 12.4 Å². The predicted molar refractivity (Wildman–Crippen MR) is 96.2 cm³/mol. The van der Waals surface area contributed by atoms with Crippen LogP contribution in [0.3, 0.4) is 0 Å². The second kappa shape index (κ2) is 6.25. The Morgan fingerprint density at radius 2 is 1.96 bits per heavy atom. The second-order valence-corrected chi connectivity index (χ2v) is 7.60. The van der Waals surface area contributed by atoms with E-state index in [-0.39, 0.29) is 24.4 Å². The molecule has 2 N–H and O–H groups in total. The lowest BCUT2D eigenvalue weighted by atomic mass is 9.99. The fraction of sp³-hybridized carbons (Fsp3) is 0.611. The third-order valence-electron chi connectivity index (χ3n) is 5.69. The van der Waals surface area contributed by atoms with Crippen molar-refractivity contribution in [3.8, 4) is 0 Å². The van der Waals surface area contributed by atoms with E-state index in [1.54, 1.807) is 0 Å². The van der Waals surface area contributed by atoms with Gasteiger partial charge in [-0.25, -0.2) is 4.98 Å². The van der Waals surface area contributed by atoms with E-state index in [4.69, 9.17) is 4.52 Å². The van der Waals surface area contributed by atoms with Gasteiger partial charge in [0, 0.05) is 29.7 Å². The molecule has 1 amide bonds. The molecule has 25 heavy (non-hydrogen) atoms. The summed E-state index contributed by atoms with van der Waals surface area (Å²) in [5.41, 5.74) is 2.86. The van der Waals surface area contributed by atoms with Gasteiger partial charge in [0.15, 0.2) is 0 Å². The van der Waals surface area contributed by atoms with Crippen LogP contribution in [-0.4, -0.2) is 34.2 Å². The minimum atomic E-state index is -0.0121. The van der Waals surface area contributed by atoms with Gasteiger partial charge in [-0.2, -0.15) is 0 Å². The highest BCUT2D eigenvalue weighted by atomic mass is 35.5. The standard InChI is InChI=1S/C18H22N4O2.ClH/c1-9-16-14(8-15(10-2-3-10)21-18(16)24-22-9)17(23)20-13-6-11-4-5-12(7-13)19-11;/h8,10-13,19H,2-7H2,1H3,(H,20,23);1H. The smallest absolute Gasteiger partial charge is 0.259 e. The number of hydrogen-bond donors (Lipinski definition) is 2. The second-order valence-electron chi connectivity index (χ2n) is 7.60. The number of nitrogens with zero attached hydrogens (tertiary/aromatic N) is 2. The summed E-state index contributed by atoms with van der Waals surface area (Å²) in [6.07, 6.45) is 6.79. The highest BCUT2D eigenvalue weighted by molar-refractivity contribution is 6.06. The van der Waals surface area contributed by atoms with Crippen LogP contribution < -0.4 is 10.6 Å². The van der Waals surface area contributed by atoms with Crippen LogP contribution in [0.1, 0.15) is 66.2 Å². The van der Waals surface area contributed by atoms with Gasteiger partial charge in [0.05, 0.1) is 16.6 Å². The maximum atomic E-state index is 13.0. The Bertz CT molecular complexity index is 805. The number of piperidine rings is 1. The Labute approximate surface area is 152 Å². The Morgan fingerprint density at radius 1 is 1.24 bits per heavy atom. The number of aromatic nitrogens is 2. The van der Waals surface area contributed by atoms with Gasteiger partial charge in [0.1, 0.15) is 0 Å². The van der Waals surface area contributed by atoms with Crippen LogP contribution in [0.2, 0.25) is 0 Å². The molecule has 2 aromatic rings. The van der Waals surface area contributed by atoms with Crippen molar-refractivity contribution in [3.05, 3.63) is 23.0 Å². The molecule has 2 atom stereocenters. The van der Waals surface area contributed by atoms with Crippen LogP contribution >= 0.6 is 12.4 Å². The molecule has 3 fully saturated rings. The lowest BCUT2D eigenvalue weighted by molar-refractivity contribution is 0.0925. The monoisotopic (exact) mass is 362 g/mol. The minimum Gasteiger partial charge on any atom is -0.349 e. The first-order valence-corrected chi connectivity index (χ1v) is 9.01. The fourth-order valence-electron chi connectivity index (χ4n) is 4.32. The van der Waals surface area contributed by atoms with Crippen LogP contribution in [-0.2, 0) is 0 Å². The number of rotatable bonds is 3. The molecule has 5 rings (SSSR count). The summed E-state index contributed by atoms with van der Waals surface area (Å²) in [5, 5.41) is 11.6. The van der Waals surface area contributed by atoms with Gasteiger partial charge in [0.2, 0.25) is 0 Å². The van der Waals surface area contributed by atoms with Crippen molar-refractivity contribution in [1.82, 2.24) is 20.8 Å². The van der Waals surface area contributed by atoms with Gasteiger partial charge in [-0.3, -0.25) is 4.79 Å². The molecule has 2 bridgehead atoms. The van der Waals surface area contributed by atoms with Gasteiger partial charge < -0.3 is 15.2 Å². The minimum absolute atomic E-state index is 0. The summed E-state index contributed by atoms with van der Waals surface area (Å²) in [6, 6.07) is 3.33. The zero-order chi connectivity index (χ0) is 16.3. The SMILES string of the molecule is Cc1noc2nc(C3CC3)cc(C(=O)NC3CC4CCC(C3)N4)c12.Cl. The number of halogens is 1. The number of fused-ring (bicyclic) bond motifs is 3. The fourth-order valence-corrected chi connectivity index (χ4v) is 4.32. The van der Waals surface area contributed by atoms with Gasteiger partial charge in [-0.1, -0.05) is 5.16 Å². The van der Waals surface area contributed by atoms with E-state index in [9.17, 15) is 4.79 Å². The number of aryl methyl sites for hydroxylation is 1. The Morgan fingerprint density at radius 3 is 2.64 bits per heavy atom. The molecule has 1 saturated carbocycles. The van der Waals surface area contributed by atoms with Crippen molar-refractivity contribution >= 4 is 29.4 Å². The first-order valence-electron chi connectivity index (χ1n) is 9.01. The molecule has 3 aliphatic rings. The molecule has 0 radical (unpaired) electrons. The first-order chi connectivity index (χ1) is 11.7. The molecule has 134 valence electrons. The largest absolute Gasteiger partial charge is 0.349 e. The van der Waals surface area contributed by atoms with Crippen molar-refractivity contribution in [2.24, 2.45) is 0 Å². The summed E-state index contributed by atoms with van der Waals surface area (Å²) < 4.78 is 5.34. The lowest BCUT2D eigenvalue weighted by Crippen LogP contribution is -2.48. The maximum Gasteiger partial charge on any atom is 0.259 e. The van der Waals surface area contributed by atoms with Crippen molar-refractivity contribution in [2.45, 2.75) is 69.5 Å². The molecular formula is C18H23ClN4O2. The topological polar surface area (TPSA) is 80.0 Å². The van der Waals surface area contributed by atoms with Crippen molar-refractivity contribution in [3.63, 3.8) is 0 Å². The zero-order valence-electron chi connectivity index (χ0n) is 14.2. The Kier molecular flexibility index (Phi) is 4.20. The van der Waals surface area contributed by atoms with Crippen LogP contribution in [0.4, 0.5) is 0 Å². The highest BCUT2D eigenvalue weighted by Crippen LogP contribution is 2.40. The number of carbonyl (C=O) groups is 1. The van der Waals surface area contributed by atoms with Crippen LogP contribution in [0.15, 0.2) is 10.6 Å². The molecule has 2 aromatic heterocycles. The number of nitrogens with one attached hydrogen (secondary N) is 2. The van der Waals surface area contributed by atoms with Crippen molar-refractivity contribution in [1.29, 1.82) is 0 Å². The summed E-state index contributed by atoms with van der Waals surface area (Å²) in [4.78, 5) is 17.5. The normalized spacial score (nSPS) is 28.0. The maximum absolute atomic E-state index is 13.0.